The fourth-order valence-electron chi connectivity index (χ4n) is 2.60. The normalized spacial score (nSPS) is 15.8. The Kier molecular flexibility index (Phi) is 6.37. The smallest absolute Gasteiger partial charge is 0.331 e. The highest BCUT2D eigenvalue weighted by Gasteiger charge is 2.39. The van der Waals surface area contributed by atoms with Crippen molar-refractivity contribution in [1.29, 1.82) is 0 Å². The Balaban J connectivity index is 2.97. The van der Waals surface area contributed by atoms with Crippen molar-refractivity contribution >= 4 is 5.97 Å². The van der Waals surface area contributed by atoms with Crippen LogP contribution in [0.15, 0.2) is 30.3 Å². The van der Waals surface area contributed by atoms with Gasteiger partial charge in [-0.25, -0.2) is 4.79 Å². The molecule has 0 saturated carbocycles. The number of benzene rings is 1. The molecule has 0 bridgehead atoms. The maximum absolute atomic E-state index is 12.2. The Bertz CT molecular complexity index is 447. The van der Waals surface area contributed by atoms with E-state index in [-0.39, 0.29) is 0 Å². The second-order valence-electron chi connectivity index (χ2n) is 6.22. The summed E-state index contributed by atoms with van der Waals surface area (Å²) in [6.45, 7) is 6.97. The SMILES string of the molecule is COC(=O)C(N)(CN(C)C(C)CC(C)C)c1ccccc1. The molecule has 0 aromatic heterocycles. The van der Waals surface area contributed by atoms with Crippen molar-refractivity contribution in [3.05, 3.63) is 35.9 Å². The molecule has 0 aliphatic carbocycles. The Hall–Kier alpha value is -1.39. The molecule has 21 heavy (non-hydrogen) atoms. The number of nitrogens with two attached hydrogens (primary N) is 1. The standard InChI is InChI=1S/C17H28N2O2/c1-13(2)11-14(3)19(4)12-17(18,16(20)21-5)15-9-7-6-8-10-15/h6-10,13-14H,11-12,18H2,1-5H3. The number of ether oxygens (including phenoxy) is 1. The summed E-state index contributed by atoms with van der Waals surface area (Å²) in [6, 6.07) is 9.78. The number of carbonyl (C=O) groups excluding carboxylic acids is 1. The molecule has 2 unspecified atom stereocenters. The number of esters is 1. The van der Waals surface area contributed by atoms with Gasteiger partial charge in [-0.1, -0.05) is 44.2 Å². The largest absolute Gasteiger partial charge is 0.467 e. The zero-order valence-corrected chi connectivity index (χ0v) is 13.8. The van der Waals surface area contributed by atoms with E-state index in [1.54, 1.807) is 0 Å². The van der Waals surface area contributed by atoms with Gasteiger partial charge < -0.3 is 15.4 Å². The van der Waals surface area contributed by atoms with Gasteiger partial charge in [-0.15, -0.1) is 0 Å². The molecular weight excluding hydrogens is 264 g/mol. The van der Waals surface area contributed by atoms with Gasteiger partial charge in [-0.2, -0.15) is 0 Å². The van der Waals surface area contributed by atoms with Crippen molar-refractivity contribution in [3.8, 4) is 0 Å². The minimum Gasteiger partial charge on any atom is -0.467 e. The first kappa shape index (κ1) is 17.7. The lowest BCUT2D eigenvalue weighted by atomic mass is 9.89. The number of nitrogens with zero attached hydrogens (tertiary/aromatic N) is 1. The molecular formula is C17H28N2O2. The van der Waals surface area contributed by atoms with Crippen LogP contribution < -0.4 is 5.73 Å². The zero-order chi connectivity index (χ0) is 16.0. The summed E-state index contributed by atoms with van der Waals surface area (Å²) in [6.07, 6.45) is 1.06. The van der Waals surface area contributed by atoms with Crippen LogP contribution in [0.4, 0.5) is 0 Å². The van der Waals surface area contributed by atoms with Crippen LogP contribution in [0, 0.1) is 5.92 Å². The Morgan fingerprint density at radius 1 is 1.29 bits per heavy atom. The molecule has 0 radical (unpaired) electrons. The van der Waals surface area contributed by atoms with E-state index in [1.165, 1.54) is 7.11 Å². The second kappa shape index (κ2) is 7.57. The summed E-state index contributed by atoms with van der Waals surface area (Å²) in [5.74, 6) is 0.196. The van der Waals surface area contributed by atoms with E-state index in [2.05, 4.69) is 25.7 Å². The molecule has 2 N–H and O–H groups in total. The van der Waals surface area contributed by atoms with Crippen molar-refractivity contribution in [3.63, 3.8) is 0 Å². The van der Waals surface area contributed by atoms with Crippen molar-refractivity contribution in [1.82, 2.24) is 4.90 Å². The summed E-state index contributed by atoms with van der Waals surface area (Å²) < 4.78 is 4.94. The molecule has 0 amide bonds. The average Bonchev–Trinajstić information content (AvgIpc) is 2.46. The summed E-state index contributed by atoms with van der Waals surface area (Å²) in [5.41, 5.74) is 6.06. The van der Waals surface area contributed by atoms with Crippen LogP contribution in [0.3, 0.4) is 0 Å². The van der Waals surface area contributed by atoms with E-state index in [9.17, 15) is 4.79 Å². The molecule has 1 aromatic carbocycles. The molecule has 118 valence electrons. The highest BCUT2D eigenvalue weighted by Crippen LogP contribution is 2.23. The first-order valence-corrected chi connectivity index (χ1v) is 7.44. The van der Waals surface area contributed by atoms with E-state index in [1.807, 2.05) is 37.4 Å². The van der Waals surface area contributed by atoms with Crippen molar-refractivity contribution in [2.24, 2.45) is 11.7 Å². The van der Waals surface area contributed by atoms with Gasteiger partial charge in [0.15, 0.2) is 5.54 Å². The van der Waals surface area contributed by atoms with Gasteiger partial charge >= 0.3 is 5.97 Å². The Morgan fingerprint density at radius 3 is 2.33 bits per heavy atom. The molecule has 0 heterocycles. The van der Waals surface area contributed by atoms with Crippen LogP contribution in [-0.4, -0.2) is 37.6 Å². The zero-order valence-electron chi connectivity index (χ0n) is 13.8. The number of methoxy groups -OCH3 is 1. The third kappa shape index (κ3) is 4.55. The highest BCUT2D eigenvalue weighted by atomic mass is 16.5. The Morgan fingerprint density at radius 2 is 1.86 bits per heavy atom. The fraction of sp³-hybridized carbons (Fsp3) is 0.588. The van der Waals surface area contributed by atoms with Gasteiger partial charge in [0.2, 0.25) is 0 Å². The summed E-state index contributed by atoms with van der Waals surface area (Å²) in [4.78, 5) is 14.4. The van der Waals surface area contributed by atoms with Crippen LogP contribution in [-0.2, 0) is 15.1 Å². The predicted molar refractivity (Wildman–Crippen MR) is 85.9 cm³/mol. The van der Waals surface area contributed by atoms with Crippen LogP contribution in [0.5, 0.6) is 0 Å². The van der Waals surface area contributed by atoms with E-state index in [0.717, 1.165) is 12.0 Å². The van der Waals surface area contributed by atoms with Crippen LogP contribution >= 0.6 is 0 Å². The third-order valence-electron chi connectivity index (χ3n) is 3.90. The lowest BCUT2D eigenvalue weighted by Crippen LogP contribution is -2.54. The number of hydrogen-bond acceptors (Lipinski definition) is 4. The second-order valence-corrected chi connectivity index (χ2v) is 6.22. The van der Waals surface area contributed by atoms with Gasteiger partial charge in [-0.3, -0.25) is 0 Å². The van der Waals surface area contributed by atoms with Crippen molar-refractivity contribution in [2.75, 3.05) is 20.7 Å². The third-order valence-corrected chi connectivity index (χ3v) is 3.90. The molecule has 4 heteroatoms. The van der Waals surface area contributed by atoms with E-state index in [4.69, 9.17) is 10.5 Å². The Labute approximate surface area is 128 Å². The molecule has 1 rings (SSSR count). The molecule has 2 atom stereocenters. The van der Waals surface area contributed by atoms with Crippen LogP contribution in [0.1, 0.15) is 32.8 Å². The minimum absolute atomic E-state index is 0.348. The summed E-state index contributed by atoms with van der Waals surface area (Å²) >= 11 is 0. The van der Waals surface area contributed by atoms with Crippen LogP contribution in [0.25, 0.3) is 0 Å². The van der Waals surface area contributed by atoms with Crippen molar-refractivity contribution in [2.45, 2.75) is 38.8 Å². The number of hydrogen-bond donors (Lipinski definition) is 1. The van der Waals surface area contributed by atoms with Gasteiger partial charge in [-0.05, 0) is 31.9 Å². The summed E-state index contributed by atoms with van der Waals surface area (Å²) in [7, 11) is 3.38. The lowest BCUT2D eigenvalue weighted by molar-refractivity contribution is -0.148. The lowest BCUT2D eigenvalue weighted by Gasteiger charge is -2.35. The van der Waals surface area contributed by atoms with Gasteiger partial charge in [0.05, 0.1) is 7.11 Å². The number of likely N-dealkylation sites (N-methyl/N-ethyl adjacent to an activating group) is 1. The first-order chi connectivity index (χ1) is 9.81. The van der Waals surface area contributed by atoms with E-state index < -0.39 is 11.5 Å². The van der Waals surface area contributed by atoms with E-state index >= 15 is 0 Å². The molecule has 0 saturated heterocycles. The number of carbonyl (C=O) groups is 1. The fourth-order valence-corrected chi connectivity index (χ4v) is 2.60. The summed E-state index contributed by atoms with van der Waals surface area (Å²) in [5, 5.41) is 0. The van der Waals surface area contributed by atoms with Gasteiger partial charge in [0, 0.05) is 12.6 Å². The van der Waals surface area contributed by atoms with Gasteiger partial charge in [0.1, 0.15) is 0 Å². The topological polar surface area (TPSA) is 55.6 Å². The quantitative estimate of drug-likeness (QED) is 0.784. The molecule has 0 fully saturated rings. The monoisotopic (exact) mass is 292 g/mol. The molecule has 0 aliphatic heterocycles. The molecule has 1 aromatic rings. The number of rotatable bonds is 7. The first-order valence-electron chi connectivity index (χ1n) is 7.44. The average molecular weight is 292 g/mol. The highest BCUT2D eigenvalue weighted by molar-refractivity contribution is 5.82. The molecule has 0 aliphatic rings. The van der Waals surface area contributed by atoms with Crippen LogP contribution in [0.2, 0.25) is 0 Å². The molecule has 0 spiro atoms. The maximum Gasteiger partial charge on any atom is 0.331 e. The maximum atomic E-state index is 12.2. The van der Waals surface area contributed by atoms with Gasteiger partial charge in [0.25, 0.3) is 0 Å². The van der Waals surface area contributed by atoms with Crippen molar-refractivity contribution < 1.29 is 9.53 Å². The van der Waals surface area contributed by atoms with E-state index in [0.29, 0.717) is 18.5 Å². The molecule has 4 nitrogen and oxygen atoms in total. The predicted octanol–water partition coefficient (Wildman–Crippen LogP) is 2.38. The minimum atomic E-state index is -1.14.